The average molecular weight is 360 g/mol. The van der Waals surface area contributed by atoms with Crippen molar-refractivity contribution in [1.29, 1.82) is 0 Å². The van der Waals surface area contributed by atoms with Crippen molar-refractivity contribution in [2.45, 2.75) is 11.4 Å². The van der Waals surface area contributed by atoms with Gasteiger partial charge in [0.05, 0.1) is 4.90 Å². The number of thiazole rings is 1. The number of rotatable bonds is 6. The van der Waals surface area contributed by atoms with E-state index in [1.165, 1.54) is 11.3 Å². The fourth-order valence-corrected chi connectivity index (χ4v) is 3.83. The number of sulfonamides is 1. The third-order valence-corrected chi connectivity index (χ3v) is 5.47. The van der Waals surface area contributed by atoms with Crippen LogP contribution in [0.5, 0.6) is 0 Å². The molecule has 1 aromatic heterocycles. The lowest BCUT2D eigenvalue weighted by molar-refractivity contribution is 0.601. The van der Waals surface area contributed by atoms with Crippen LogP contribution < -0.4 is 15.8 Å². The van der Waals surface area contributed by atoms with Crippen LogP contribution in [0.1, 0.15) is 5.56 Å². The Morgan fingerprint density at radius 3 is 2.38 bits per heavy atom. The number of nitrogens with zero attached hydrogens (tertiary/aromatic N) is 1. The molecule has 2 aromatic carbocycles. The number of aromatic nitrogens is 1. The van der Waals surface area contributed by atoms with Crippen LogP contribution in [0.25, 0.3) is 0 Å². The Balaban J connectivity index is 1.65. The van der Waals surface area contributed by atoms with Gasteiger partial charge < -0.3 is 11.1 Å². The molecule has 1 heterocycles. The molecule has 24 heavy (non-hydrogen) atoms. The van der Waals surface area contributed by atoms with E-state index in [0.29, 0.717) is 11.7 Å². The summed E-state index contributed by atoms with van der Waals surface area (Å²) in [6.07, 6.45) is 1.55. The molecule has 3 aromatic rings. The highest BCUT2D eigenvalue weighted by molar-refractivity contribution is 7.93. The van der Waals surface area contributed by atoms with Gasteiger partial charge >= 0.3 is 0 Å². The van der Waals surface area contributed by atoms with Gasteiger partial charge in [-0.15, -0.1) is 11.3 Å². The minimum Gasteiger partial charge on any atom is -0.399 e. The summed E-state index contributed by atoms with van der Waals surface area (Å²) in [6, 6.07) is 14.1. The highest BCUT2D eigenvalue weighted by Crippen LogP contribution is 2.20. The summed E-state index contributed by atoms with van der Waals surface area (Å²) in [5, 5.41) is 5.30. The van der Waals surface area contributed by atoms with Crippen LogP contribution in [0.4, 0.5) is 16.5 Å². The molecule has 0 aliphatic rings. The standard InChI is InChI=1S/C16H16N4O2S2/c17-13-3-1-12(2-4-13)11-19-14-5-7-15(8-6-14)24(21,22)20-16-18-9-10-23-16/h1-10,19H,11,17H2,(H,18,20). The molecule has 0 saturated carbocycles. The monoisotopic (exact) mass is 360 g/mol. The maximum absolute atomic E-state index is 12.2. The number of nitrogens with one attached hydrogen (secondary N) is 2. The number of hydrogen-bond donors (Lipinski definition) is 3. The van der Waals surface area contributed by atoms with Gasteiger partial charge in [0.1, 0.15) is 0 Å². The van der Waals surface area contributed by atoms with Crippen molar-refractivity contribution in [3.8, 4) is 0 Å². The molecule has 0 saturated heterocycles. The van der Waals surface area contributed by atoms with E-state index >= 15 is 0 Å². The van der Waals surface area contributed by atoms with Gasteiger partial charge in [-0.25, -0.2) is 13.4 Å². The molecule has 0 spiro atoms. The Hall–Kier alpha value is -2.58. The van der Waals surface area contributed by atoms with Crippen LogP contribution in [0.2, 0.25) is 0 Å². The molecular weight excluding hydrogens is 344 g/mol. The molecular formula is C16H16N4O2S2. The highest BCUT2D eigenvalue weighted by atomic mass is 32.2. The van der Waals surface area contributed by atoms with Crippen LogP contribution in [0.15, 0.2) is 65.0 Å². The summed E-state index contributed by atoms with van der Waals surface area (Å²) in [4.78, 5) is 4.11. The second kappa shape index (κ2) is 6.90. The van der Waals surface area contributed by atoms with Gasteiger partial charge in [-0.3, -0.25) is 4.72 Å². The van der Waals surface area contributed by atoms with E-state index in [9.17, 15) is 8.42 Å². The second-order valence-corrected chi connectivity index (χ2v) is 7.64. The zero-order valence-corrected chi connectivity index (χ0v) is 14.3. The molecule has 8 heteroatoms. The van der Waals surface area contributed by atoms with Gasteiger partial charge in [-0.1, -0.05) is 12.1 Å². The Labute approximate surface area is 144 Å². The Bertz CT molecular complexity index is 890. The van der Waals surface area contributed by atoms with E-state index in [2.05, 4.69) is 15.0 Å². The molecule has 0 bridgehead atoms. The van der Waals surface area contributed by atoms with Crippen LogP contribution in [0, 0.1) is 0 Å². The average Bonchev–Trinajstić information content (AvgIpc) is 3.07. The first-order valence-corrected chi connectivity index (χ1v) is 9.50. The predicted octanol–water partition coefficient (Wildman–Crippen LogP) is 3.14. The first kappa shape index (κ1) is 16.3. The lowest BCUT2D eigenvalue weighted by atomic mass is 10.2. The Kier molecular flexibility index (Phi) is 4.68. The zero-order valence-electron chi connectivity index (χ0n) is 12.6. The molecule has 3 rings (SSSR count). The highest BCUT2D eigenvalue weighted by Gasteiger charge is 2.15. The van der Waals surface area contributed by atoms with Crippen molar-refractivity contribution in [1.82, 2.24) is 4.98 Å². The third kappa shape index (κ3) is 4.03. The van der Waals surface area contributed by atoms with Gasteiger partial charge in [-0.2, -0.15) is 0 Å². The van der Waals surface area contributed by atoms with E-state index in [4.69, 9.17) is 5.73 Å². The van der Waals surface area contributed by atoms with Crippen molar-refractivity contribution in [3.63, 3.8) is 0 Å². The first-order valence-electron chi connectivity index (χ1n) is 7.14. The van der Waals surface area contributed by atoms with Crippen LogP contribution in [-0.4, -0.2) is 13.4 Å². The third-order valence-electron chi connectivity index (χ3n) is 3.29. The van der Waals surface area contributed by atoms with Gasteiger partial charge in [0.25, 0.3) is 10.0 Å². The summed E-state index contributed by atoms with van der Waals surface area (Å²) in [5.74, 6) is 0. The maximum Gasteiger partial charge on any atom is 0.263 e. The number of nitrogen functional groups attached to an aromatic ring is 1. The molecule has 0 aliphatic carbocycles. The molecule has 0 fully saturated rings. The molecule has 6 nitrogen and oxygen atoms in total. The van der Waals surface area contributed by atoms with E-state index in [1.54, 1.807) is 35.8 Å². The fourth-order valence-electron chi connectivity index (χ4n) is 2.04. The smallest absolute Gasteiger partial charge is 0.263 e. The normalized spacial score (nSPS) is 11.2. The fraction of sp³-hybridized carbons (Fsp3) is 0.0625. The number of nitrogens with two attached hydrogens (primary N) is 1. The summed E-state index contributed by atoms with van der Waals surface area (Å²) >= 11 is 1.23. The van der Waals surface area contributed by atoms with E-state index < -0.39 is 10.0 Å². The Morgan fingerprint density at radius 2 is 1.75 bits per heavy atom. The molecule has 0 atom stereocenters. The zero-order chi connectivity index (χ0) is 17.0. The summed E-state index contributed by atoms with van der Waals surface area (Å²) in [7, 11) is -3.62. The molecule has 0 aliphatic heterocycles. The van der Waals surface area contributed by atoms with Crippen molar-refractivity contribution in [2.75, 3.05) is 15.8 Å². The molecule has 0 amide bonds. The topological polar surface area (TPSA) is 97.1 Å². The largest absolute Gasteiger partial charge is 0.399 e. The molecule has 0 radical (unpaired) electrons. The number of hydrogen-bond acceptors (Lipinski definition) is 6. The minimum atomic E-state index is -3.62. The van der Waals surface area contributed by atoms with Crippen molar-refractivity contribution < 1.29 is 8.42 Å². The van der Waals surface area contributed by atoms with E-state index in [-0.39, 0.29) is 4.90 Å². The van der Waals surface area contributed by atoms with Gasteiger partial charge in [0.15, 0.2) is 5.13 Å². The lowest BCUT2D eigenvalue weighted by Crippen LogP contribution is -2.12. The Morgan fingerprint density at radius 1 is 1.04 bits per heavy atom. The van der Waals surface area contributed by atoms with Gasteiger partial charge in [0, 0.05) is 29.5 Å². The summed E-state index contributed by atoms with van der Waals surface area (Å²) < 4.78 is 26.9. The summed E-state index contributed by atoms with van der Waals surface area (Å²) in [6.45, 7) is 0.629. The van der Waals surface area contributed by atoms with Crippen molar-refractivity contribution >= 4 is 37.9 Å². The quantitative estimate of drug-likeness (QED) is 0.587. The number of anilines is 3. The van der Waals surface area contributed by atoms with Gasteiger partial charge in [-0.05, 0) is 42.0 Å². The molecule has 4 N–H and O–H groups in total. The summed E-state index contributed by atoms with van der Waals surface area (Å²) in [5.41, 5.74) is 8.30. The second-order valence-electron chi connectivity index (χ2n) is 5.06. The maximum atomic E-state index is 12.2. The lowest BCUT2D eigenvalue weighted by Gasteiger charge is -2.09. The van der Waals surface area contributed by atoms with Crippen molar-refractivity contribution in [3.05, 3.63) is 65.7 Å². The van der Waals surface area contributed by atoms with E-state index in [1.807, 2.05) is 24.3 Å². The van der Waals surface area contributed by atoms with Crippen LogP contribution in [-0.2, 0) is 16.6 Å². The van der Waals surface area contributed by atoms with Crippen molar-refractivity contribution in [2.24, 2.45) is 0 Å². The van der Waals surface area contributed by atoms with Crippen LogP contribution >= 0.6 is 11.3 Å². The van der Waals surface area contributed by atoms with Gasteiger partial charge in [0.2, 0.25) is 0 Å². The number of benzene rings is 2. The SMILES string of the molecule is Nc1ccc(CNc2ccc(S(=O)(=O)Nc3nccs3)cc2)cc1. The minimum absolute atomic E-state index is 0.190. The molecule has 124 valence electrons. The molecule has 0 unspecified atom stereocenters. The first-order chi connectivity index (χ1) is 11.5. The van der Waals surface area contributed by atoms with E-state index in [0.717, 1.165) is 16.9 Å². The predicted molar refractivity (Wildman–Crippen MR) is 97.5 cm³/mol. The van der Waals surface area contributed by atoms with Crippen LogP contribution in [0.3, 0.4) is 0 Å².